The van der Waals surface area contributed by atoms with E-state index in [9.17, 15) is 33.9 Å². The van der Waals surface area contributed by atoms with E-state index in [2.05, 4.69) is 132 Å². The van der Waals surface area contributed by atoms with Crippen molar-refractivity contribution in [1.82, 2.24) is 50.3 Å². The first-order valence-corrected chi connectivity index (χ1v) is 35.9. The molecular weight excluding hydrogens is 1310 g/mol. The number of aryl methyl sites for hydroxylation is 5. The number of imidazole rings is 1. The Hall–Kier alpha value is -10.7. The van der Waals surface area contributed by atoms with Crippen LogP contribution in [0.4, 0.5) is 10.7 Å². The molecule has 0 saturated carbocycles. The first-order valence-electron chi connectivity index (χ1n) is 35.9. The second-order valence-corrected chi connectivity index (χ2v) is 28.3. The van der Waals surface area contributed by atoms with Crippen molar-refractivity contribution >= 4 is 95.4 Å². The van der Waals surface area contributed by atoms with Crippen molar-refractivity contribution in [3.63, 3.8) is 0 Å². The molecule has 4 amide bonds. The van der Waals surface area contributed by atoms with E-state index in [0.717, 1.165) is 102 Å². The quantitative estimate of drug-likeness (QED) is 0.0559. The fourth-order valence-electron chi connectivity index (χ4n) is 15.8. The van der Waals surface area contributed by atoms with E-state index in [4.69, 9.17) is 13.6 Å². The van der Waals surface area contributed by atoms with Gasteiger partial charge in [0, 0.05) is 106 Å². The normalized spacial score (nSPS) is 21.2. The van der Waals surface area contributed by atoms with E-state index in [0.29, 0.717) is 49.9 Å². The summed E-state index contributed by atoms with van der Waals surface area (Å²) in [7, 11) is 5.37. The van der Waals surface area contributed by atoms with E-state index in [-0.39, 0.29) is 47.2 Å². The molecule has 8 N–H and O–H groups in total. The summed E-state index contributed by atoms with van der Waals surface area (Å²) in [5.74, 6) is -2.04. The third-order valence-corrected chi connectivity index (χ3v) is 21.1. The number of unbranched alkanes of at least 4 members (excludes halogenated alkanes) is 1. The lowest BCUT2D eigenvalue weighted by atomic mass is 9.72. The average Bonchev–Trinajstić information content (AvgIpc) is 1.53. The molecule has 540 valence electrons. The van der Waals surface area contributed by atoms with Gasteiger partial charge in [0.05, 0.1) is 35.1 Å². The molecule has 22 nitrogen and oxygen atoms in total. The third kappa shape index (κ3) is 14.4. The number of aromatic nitrogens is 5. The third-order valence-electron chi connectivity index (χ3n) is 21.1. The van der Waals surface area contributed by atoms with Crippen LogP contribution < -0.4 is 27.0 Å². The number of benzene rings is 6. The summed E-state index contributed by atoms with van der Waals surface area (Å²) in [5.41, 5.74) is 13.2. The van der Waals surface area contributed by atoms with Gasteiger partial charge >= 0.3 is 11.7 Å². The van der Waals surface area contributed by atoms with Crippen LogP contribution >= 0.6 is 0 Å². The van der Waals surface area contributed by atoms with Gasteiger partial charge in [-0.3, -0.25) is 34.1 Å². The number of ether oxygens (including phenoxy) is 2. The molecule has 17 rings (SSSR count). The van der Waals surface area contributed by atoms with Crippen LogP contribution in [0.15, 0.2) is 170 Å². The van der Waals surface area contributed by atoms with Crippen LogP contribution in [0.1, 0.15) is 109 Å². The second-order valence-electron chi connectivity index (χ2n) is 28.3. The molecule has 6 aromatic carbocycles. The molecule has 8 atom stereocenters. The Balaban J connectivity index is 0.000000130. The van der Waals surface area contributed by atoms with Crippen molar-refractivity contribution in [2.24, 2.45) is 5.92 Å². The number of carbonyl (C=O) groups is 4. The summed E-state index contributed by atoms with van der Waals surface area (Å²) < 4.78 is 21.7. The fraction of sp³-hybridized carbons (Fsp3) is 0.354. The van der Waals surface area contributed by atoms with Crippen LogP contribution in [-0.2, 0) is 49.5 Å². The monoisotopic (exact) mass is 1410 g/mol. The number of aromatic amines is 4. The fourth-order valence-corrected chi connectivity index (χ4v) is 15.8. The van der Waals surface area contributed by atoms with Gasteiger partial charge in [0.15, 0.2) is 5.43 Å². The van der Waals surface area contributed by atoms with Gasteiger partial charge in [0.25, 0.3) is 11.8 Å². The van der Waals surface area contributed by atoms with Gasteiger partial charge in [-0.05, 0) is 182 Å². The maximum absolute atomic E-state index is 14.2. The molecule has 4 fully saturated rings. The molecule has 4 aliphatic heterocycles. The number of nitrogens with one attached hydrogen (secondary N) is 7. The molecule has 4 saturated heterocycles. The zero-order chi connectivity index (χ0) is 73.3. The van der Waals surface area contributed by atoms with Gasteiger partial charge in [-0.1, -0.05) is 92.2 Å². The molecule has 0 bridgehead atoms. The summed E-state index contributed by atoms with van der Waals surface area (Å²) in [6, 6.07) is 44.3. The molecule has 22 heteroatoms. The summed E-state index contributed by atoms with van der Waals surface area (Å²) in [5, 5.41) is 26.2. The number of likely N-dealkylation sites (tertiary alicyclic amines) is 1. The van der Waals surface area contributed by atoms with Gasteiger partial charge in [-0.15, -0.1) is 0 Å². The van der Waals surface area contributed by atoms with Crippen molar-refractivity contribution < 1.29 is 42.6 Å². The highest BCUT2D eigenvalue weighted by Gasteiger charge is 2.70. The Bertz CT molecular complexity index is 5290. The number of fused-ring (bicyclic) bond motifs is 11. The van der Waals surface area contributed by atoms with Gasteiger partial charge in [0.1, 0.15) is 29.0 Å². The molecule has 0 unspecified atom stereocenters. The number of likely N-dealkylation sites (N-methyl/N-ethyl adjacent to an activating group) is 2. The molecule has 12 aromatic rings. The smallest absolute Gasteiger partial charge is 0.413 e. The lowest BCUT2D eigenvalue weighted by Gasteiger charge is -2.48. The van der Waals surface area contributed by atoms with E-state index in [1.807, 2.05) is 108 Å². The maximum Gasteiger partial charge on any atom is 0.413 e. The van der Waals surface area contributed by atoms with Crippen molar-refractivity contribution in [3.05, 3.63) is 223 Å². The van der Waals surface area contributed by atoms with Crippen molar-refractivity contribution in [1.29, 1.82) is 0 Å². The second kappa shape index (κ2) is 30.0. The molecule has 0 radical (unpaired) electrons. The Morgan fingerprint density at radius 3 is 2.33 bits per heavy atom. The molecule has 1 aliphatic carbocycles. The number of piperazine rings is 1. The lowest BCUT2D eigenvalue weighted by molar-refractivity contribution is -0.315. The van der Waals surface area contributed by atoms with Gasteiger partial charge in [-0.25, -0.2) is 14.6 Å². The van der Waals surface area contributed by atoms with Crippen molar-refractivity contribution in [2.45, 2.75) is 148 Å². The Morgan fingerprint density at radius 1 is 0.808 bits per heavy atom. The van der Waals surface area contributed by atoms with E-state index in [1.165, 1.54) is 65.5 Å². The van der Waals surface area contributed by atoms with Crippen LogP contribution in [-0.4, -0.2) is 139 Å². The number of H-pyrrole nitrogens is 4. The van der Waals surface area contributed by atoms with Crippen LogP contribution in [0.3, 0.4) is 0 Å². The van der Waals surface area contributed by atoms with Gasteiger partial charge < -0.3 is 59.0 Å². The number of furan rings is 1. The number of aliphatic hydroxyl groups is 1. The molecular formula is C82H91N11O11. The number of methoxy groups -OCH3 is 1. The van der Waals surface area contributed by atoms with Crippen LogP contribution in [0.2, 0.25) is 0 Å². The van der Waals surface area contributed by atoms with E-state index < -0.39 is 35.7 Å². The molecule has 10 heterocycles. The number of hydrogen-bond acceptors (Lipinski definition) is 14. The molecule has 5 aliphatic rings. The highest BCUT2D eigenvalue weighted by molar-refractivity contribution is 6.07. The Morgan fingerprint density at radius 2 is 1.58 bits per heavy atom. The van der Waals surface area contributed by atoms with Crippen LogP contribution in [0.5, 0.6) is 0 Å². The predicted octanol–water partition coefficient (Wildman–Crippen LogP) is 12.8. The predicted molar refractivity (Wildman–Crippen MR) is 404 cm³/mol. The molecule has 0 spiro atoms. The zero-order valence-electron chi connectivity index (χ0n) is 60.5. The summed E-state index contributed by atoms with van der Waals surface area (Å²) in [6.07, 6.45) is 11.0. The number of carbonyl (C=O) groups excluding carboxylic acids is 4. The molecule has 104 heavy (non-hydrogen) atoms. The lowest BCUT2D eigenvalue weighted by Crippen LogP contribution is -2.71. The number of amides is 4. The van der Waals surface area contributed by atoms with E-state index >= 15 is 0 Å². The van der Waals surface area contributed by atoms with Gasteiger partial charge in [0.2, 0.25) is 23.5 Å². The van der Waals surface area contributed by atoms with Gasteiger partial charge in [-0.2, -0.15) is 0 Å². The standard InChI is InChI=1S/C33H37N5O5.C14H12O3.C13H17N3O2.C12H10N2O.C10H15N/c1-32(35-29(39)21-15-23-22-10-6-11-24-28(22)20(17-34-24)16-25(23)36(2)18-21)31(41)38-26(14-19-8-4-3-5-9-19)30(40)37-13-7-12-27(37)33(38,42)43-32;1-7-4-12(15)17-14-9(3)13-10(6-11(7)14)5-8(2)16-13;1-3-4-5-9-6-7-10-11(8-9)15-12(14-10)16-13(17)18-2;1-7-12-10(4-5-13-7)9-3-2-8(15)6-11(9)14-12;1-9(11-2)8-10-6-4-3-5-7-10/h3-6,8-11,17,21,23,25-27,34,42H,7,12-16,18H2,1-2H3,(H,35,39);4-6H,1-3H3;6-8H,3-5H2,1-2H3,(H2,14,15,16,17);2-6,13-14H,1H3;3-7,9,11H,8H2,1-2H3/t21-,23-,25-,26+,27+,32-,33+;;;;9-/m1...0/s1. The average molecular weight is 1410 g/mol. The van der Waals surface area contributed by atoms with Crippen LogP contribution in [0, 0.1) is 33.6 Å². The zero-order valence-corrected chi connectivity index (χ0v) is 60.5. The highest BCUT2D eigenvalue weighted by Crippen LogP contribution is 2.48. The van der Waals surface area contributed by atoms with Crippen molar-refractivity contribution in [3.8, 4) is 0 Å². The highest BCUT2D eigenvalue weighted by atomic mass is 16.7. The SMILES string of the molecule is CCCCc1ccc2nc(NC(=O)OC)[nH]c2c1.CN1C[C@H](C(=O)N[C@]2(C)O[C@@]3(O)[C@@H]4CCCN4C(=O)[C@H](Cc4ccccc4)N3C2=O)C[C@@H]2c3cccc4[nH]cc(c34)C[C@H]21.CN[C@@H](C)Cc1ccccc1.Cc1[nH]ccc2c1[nH]c1cc(=O)ccc12.Cc1cc2cc3c(C)cc(=O)oc3c(C)c2o1. The minimum atomic E-state index is -2.03. The number of nitrogens with zero attached hydrogens (tertiary/aromatic N) is 4. The minimum Gasteiger partial charge on any atom is -0.461 e. The topological polar surface area (TPSA) is 289 Å². The number of rotatable bonds is 11. The number of pyridine rings is 1. The van der Waals surface area contributed by atoms with Crippen LogP contribution in [0.25, 0.3) is 65.7 Å². The summed E-state index contributed by atoms with van der Waals surface area (Å²) >= 11 is 0. The summed E-state index contributed by atoms with van der Waals surface area (Å²) in [6.45, 7) is 14.7. The Kier molecular flexibility index (Phi) is 20.7. The summed E-state index contributed by atoms with van der Waals surface area (Å²) in [4.78, 5) is 97.8. The first kappa shape index (κ1) is 71.7. The maximum atomic E-state index is 14.2. The first-order chi connectivity index (χ1) is 50.0. The van der Waals surface area contributed by atoms with E-state index in [1.54, 1.807) is 17.0 Å². The number of anilines is 1. The molecule has 6 aromatic heterocycles. The number of hydrogen-bond donors (Lipinski definition) is 8. The largest absolute Gasteiger partial charge is 0.461 e. The number of piperidine rings is 1. The van der Waals surface area contributed by atoms with Crippen molar-refractivity contribution in [2.75, 3.05) is 39.6 Å². The minimum absolute atomic E-state index is 0.0377. The Labute approximate surface area is 601 Å².